The lowest BCUT2D eigenvalue weighted by Crippen LogP contribution is -2.49. The van der Waals surface area contributed by atoms with E-state index in [1.54, 1.807) is 36.1 Å². The maximum atomic E-state index is 13.0. The number of hydrogen-bond acceptors (Lipinski definition) is 3. The SMILES string of the molecule is CC(C(=O)N1CCc2ccccc21)N(c1ccccc1)S(C)(=O)=O. The van der Waals surface area contributed by atoms with Gasteiger partial charge >= 0.3 is 0 Å². The van der Waals surface area contributed by atoms with Crippen molar-refractivity contribution in [3.8, 4) is 0 Å². The van der Waals surface area contributed by atoms with Crippen molar-refractivity contribution in [3.63, 3.8) is 0 Å². The lowest BCUT2D eigenvalue weighted by atomic mass is 10.2. The number of nitrogens with zero attached hydrogens (tertiary/aromatic N) is 2. The Hall–Kier alpha value is -2.34. The van der Waals surface area contributed by atoms with Crippen molar-refractivity contribution in [2.45, 2.75) is 19.4 Å². The molecular weight excluding hydrogens is 324 g/mol. The smallest absolute Gasteiger partial charge is 0.250 e. The van der Waals surface area contributed by atoms with Gasteiger partial charge in [0.2, 0.25) is 10.0 Å². The van der Waals surface area contributed by atoms with Crippen molar-refractivity contribution in [2.75, 3.05) is 22.0 Å². The van der Waals surface area contributed by atoms with Crippen LogP contribution in [0, 0.1) is 0 Å². The Morgan fingerprint density at radius 1 is 1.08 bits per heavy atom. The highest BCUT2D eigenvalue weighted by atomic mass is 32.2. The van der Waals surface area contributed by atoms with E-state index >= 15 is 0 Å². The average Bonchev–Trinajstić information content (AvgIpc) is 2.98. The molecule has 0 fully saturated rings. The summed E-state index contributed by atoms with van der Waals surface area (Å²) in [4.78, 5) is 14.7. The number of amides is 1. The van der Waals surface area contributed by atoms with Crippen molar-refractivity contribution < 1.29 is 13.2 Å². The third-order valence-electron chi connectivity index (χ3n) is 4.23. The zero-order valence-electron chi connectivity index (χ0n) is 13.7. The minimum Gasteiger partial charge on any atom is -0.310 e. The van der Waals surface area contributed by atoms with Crippen molar-refractivity contribution in [3.05, 3.63) is 60.2 Å². The molecule has 3 rings (SSSR count). The molecule has 2 aromatic carbocycles. The molecule has 2 aromatic rings. The fourth-order valence-corrected chi connectivity index (χ4v) is 4.34. The highest BCUT2D eigenvalue weighted by Gasteiger charge is 2.34. The number of carbonyl (C=O) groups excluding carboxylic acids is 1. The molecule has 1 atom stereocenters. The second-order valence-electron chi connectivity index (χ2n) is 5.94. The van der Waals surface area contributed by atoms with Crippen molar-refractivity contribution in [1.82, 2.24) is 0 Å². The third-order valence-corrected chi connectivity index (χ3v) is 5.47. The molecule has 1 aliphatic heterocycles. The Balaban J connectivity index is 1.94. The number of para-hydroxylation sites is 2. The standard InChI is InChI=1S/C18H20N2O3S/c1-14(20(24(2,22)23)16-9-4-3-5-10-16)18(21)19-13-12-15-8-6-7-11-17(15)19/h3-11,14H,12-13H2,1-2H3. The van der Waals surface area contributed by atoms with E-state index in [1.807, 2.05) is 30.3 Å². The van der Waals surface area contributed by atoms with Crippen LogP contribution < -0.4 is 9.21 Å². The van der Waals surface area contributed by atoms with Crippen LogP contribution in [-0.2, 0) is 21.2 Å². The van der Waals surface area contributed by atoms with Crippen LogP contribution in [0.15, 0.2) is 54.6 Å². The Bertz CT molecular complexity index is 850. The summed E-state index contributed by atoms with van der Waals surface area (Å²) in [7, 11) is -3.58. The van der Waals surface area contributed by atoms with Crippen LogP contribution in [0.25, 0.3) is 0 Å². The van der Waals surface area contributed by atoms with Gasteiger partial charge in [-0.1, -0.05) is 36.4 Å². The Kier molecular flexibility index (Phi) is 4.32. The number of sulfonamides is 1. The maximum absolute atomic E-state index is 13.0. The summed E-state index contributed by atoms with van der Waals surface area (Å²) in [5, 5.41) is 0. The number of hydrogen-bond donors (Lipinski definition) is 0. The summed E-state index contributed by atoms with van der Waals surface area (Å²) >= 11 is 0. The summed E-state index contributed by atoms with van der Waals surface area (Å²) < 4.78 is 25.8. The number of benzene rings is 2. The molecular formula is C18H20N2O3S. The van der Waals surface area contributed by atoms with E-state index in [-0.39, 0.29) is 5.91 Å². The molecule has 0 radical (unpaired) electrons. The first-order valence-corrected chi connectivity index (χ1v) is 9.68. The predicted octanol–water partition coefficient (Wildman–Crippen LogP) is 2.43. The molecule has 126 valence electrons. The van der Waals surface area contributed by atoms with Gasteiger partial charge in [-0.3, -0.25) is 9.10 Å². The van der Waals surface area contributed by atoms with Crippen LogP contribution in [0.5, 0.6) is 0 Å². The van der Waals surface area contributed by atoms with Crippen LogP contribution >= 0.6 is 0 Å². The first-order chi connectivity index (χ1) is 11.4. The summed E-state index contributed by atoms with van der Waals surface area (Å²) in [5.74, 6) is -0.214. The molecule has 0 aliphatic carbocycles. The lowest BCUT2D eigenvalue weighted by molar-refractivity contribution is -0.119. The van der Waals surface area contributed by atoms with E-state index in [0.717, 1.165) is 23.9 Å². The van der Waals surface area contributed by atoms with Gasteiger partial charge in [-0.15, -0.1) is 0 Å². The third kappa shape index (κ3) is 3.01. The van der Waals surface area contributed by atoms with Crippen LogP contribution in [0.2, 0.25) is 0 Å². The van der Waals surface area contributed by atoms with Gasteiger partial charge in [-0.05, 0) is 37.1 Å². The number of fused-ring (bicyclic) bond motifs is 1. The van der Waals surface area contributed by atoms with Crippen LogP contribution in [0.1, 0.15) is 12.5 Å². The summed E-state index contributed by atoms with van der Waals surface area (Å²) in [5.41, 5.74) is 2.48. The Morgan fingerprint density at radius 3 is 2.38 bits per heavy atom. The van der Waals surface area contributed by atoms with Gasteiger partial charge in [0.1, 0.15) is 6.04 Å². The summed E-state index contributed by atoms with van der Waals surface area (Å²) in [6, 6.07) is 15.7. The highest BCUT2D eigenvalue weighted by Crippen LogP contribution is 2.30. The molecule has 0 saturated heterocycles. The maximum Gasteiger partial charge on any atom is 0.250 e. The van der Waals surface area contributed by atoms with Crippen molar-refractivity contribution >= 4 is 27.3 Å². The summed E-state index contributed by atoms with van der Waals surface area (Å²) in [6.45, 7) is 2.21. The molecule has 1 amide bonds. The molecule has 5 nitrogen and oxygen atoms in total. The molecule has 1 aliphatic rings. The van der Waals surface area contributed by atoms with E-state index in [0.29, 0.717) is 12.2 Å². The van der Waals surface area contributed by atoms with Crippen molar-refractivity contribution in [2.24, 2.45) is 0 Å². The van der Waals surface area contributed by atoms with Crippen molar-refractivity contribution in [1.29, 1.82) is 0 Å². The van der Waals surface area contributed by atoms with Gasteiger partial charge in [0.25, 0.3) is 5.91 Å². The minimum absolute atomic E-state index is 0.214. The van der Waals surface area contributed by atoms with Gasteiger partial charge in [0, 0.05) is 12.2 Å². The quantitative estimate of drug-likeness (QED) is 0.856. The van der Waals surface area contributed by atoms with Gasteiger partial charge in [0.15, 0.2) is 0 Å². The molecule has 1 heterocycles. The van der Waals surface area contributed by atoms with Crippen LogP contribution in [0.3, 0.4) is 0 Å². The summed E-state index contributed by atoms with van der Waals surface area (Å²) in [6.07, 6.45) is 1.92. The zero-order valence-corrected chi connectivity index (χ0v) is 14.5. The Labute approximate surface area is 142 Å². The largest absolute Gasteiger partial charge is 0.310 e. The van der Waals surface area contributed by atoms with E-state index in [9.17, 15) is 13.2 Å². The van der Waals surface area contributed by atoms with Crippen LogP contribution in [-0.4, -0.2) is 33.2 Å². The molecule has 6 heteroatoms. The molecule has 0 saturated carbocycles. The van der Waals surface area contributed by atoms with E-state index in [1.165, 1.54) is 4.31 Å². The highest BCUT2D eigenvalue weighted by molar-refractivity contribution is 7.92. The van der Waals surface area contributed by atoms with E-state index < -0.39 is 16.1 Å². The topological polar surface area (TPSA) is 57.7 Å². The second kappa shape index (κ2) is 6.28. The Morgan fingerprint density at radius 2 is 1.71 bits per heavy atom. The normalized spacial score (nSPS) is 15.0. The first-order valence-electron chi connectivity index (χ1n) is 7.83. The zero-order chi connectivity index (χ0) is 17.3. The fraction of sp³-hybridized carbons (Fsp3) is 0.278. The minimum atomic E-state index is -3.58. The second-order valence-corrected chi connectivity index (χ2v) is 7.80. The first kappa shape index (κ1) is 16.5. The predicted molar refractivity (Wildman–Crippen MR) is 95.7 cm³/mol. The molecule has 0 N–H and O–H groups in total. The fourth-order valence-electron chi connectivity index (χ4n) is 3.17. The van der Waals surface area contributed by atoms with Gasteiger partial charge < -0.3 is 4.90 Å². The van der Waals surface area contributed by atoms with Gasteiger partial charge in [-0.2, -0.15) is 0 Å². The number of rotatable bonds is 4. The molecule has 0 spiro atoms. The monoisotopic (exact) mass is 344 g/mol. The number of anilines is 2. The van der Waals surface area contributed by atoms with Crippen LogP contribution in [0.4, 0.5) is 11.4 Å². The van der Waals surface area contributed by atoms with Gasteiger partial charge in [0.05, 0.1) is 11.9 Å². The molecule has 24 heavy (non-hydrogen) atoms. The van der Waals surface area contributed by atoms with E-state index in [4.69, 9.17) is 0 Å². The molecule has 0 bridgehead atoms. The van der Waals surface area contributed by atoms with E-state index in [2.05, 4.69) is 0 Å². The average molecular weight is 344 g/mol. The molecule has 1 unspecified atom stereocenters. The number of carbonyl (C=O) groups is 1. The lowest BCUT2D eigenvalue weighted by Gasteiger charge is -2.31. The van der Waals surface area contributed by atoms with Gasteiger partial charge in [-0.25, -0.2) is 8.42 Å². The molecule has 0 aromatic heterocycles.